The summed E-state index contributed by atoms with van der Waals surface area (Å²) < 4.78 is 28.6. The topological polar surface area (TPSA) is 121 Å². The summed E-state index contributed by atoms with van der Waals surface area (Å²) in [7, 11) is -5.81. The van der Waals surface area contributed by atoms with Crippen LogP contribution in [0.4, 0.5) is 5.82 Å². The minimum Gasteiger partial charge on any atom is -0.414 e. The lowest BCUT2D eigenvalue weighted by atomic mass is 9.96. The molecule has 41 heavy (non-hydrogen) atoms. The Kier molecular flexibility index (Phi) is 9.15. The second-order valence-electron chi connectivity index (χ2n) is 12.6. The van der Waals surface area contributed by atoms with Crippen LogP contribution in [-0.2, 0) is 17.7 Å². The van der Waals surface area contributed by atoms with E-state index in [4.69, 9.17) is 17.7 Å². The predicted octanol–water partition coefficient (Wildman–Crippen LogP) is 5.10. The van der Waals surface area contributed by atoms with Gasteiger partial charge in [-0.25, -0.2) is 4.79 Å². The number of hydrogen-bond acceptors (Lipinski definition) is 8. The first-order valence-corrected chi connectivity index (χ1v) is 18.4. The molecule has 0 aliphatic carbocycles. The summed E-state index contributed by atoms with van der Waals surface area (Å²) in [6.07, 6.45) is -1.03. The fourth-order valence-corrected chi connectivity index (χ4v) is 17.4. The van der Waals surface area contributed by atoms with Crippen LogP contribution in [0.1, 0.15) is 78.9 Å². The second kappa shape index (κ2) is 11.8. The third kappa shape index (κ3) is 5.75. The van der Waals surface area contributed by atoms with Gasteiger partial charge >= 0.3 is 22.8 Å². The number of ether oxygens (including phenoxy) is 1. The van der Waals surface area contributed by atoms with E-state index in [9.17, 15) is 14.7 Å². The molecule has 1 amide bonds. The summed E-state index contributed by atoms with van der Waals surface area (Å²) in [5, 5.41) is 14.6. The standard InChI is InChI=1S/C29H45N3O7Si2/c1-18(2)40(19(3)4)36-17-23-25(38-41(39-40,20(5)6)21(7)8)29(9,35)27(37-23)32-16-15-24(31-28(32)34)30-26(33)22-13-11-10-12-14-22/h10-16,18-21,23,25,27,35H,17H2,1-9H3,(H,30,31,33,34)/t23-,25-,27-,29+/m1/s1. The van der Waals surface area contributed by atoms with Gasteiger partial charge in [0.25, 0.3) is 5.91 Å². The van der Waals surface area contributed by atoms with Gasteiger partial charge in [0.2, 0.25) is 0 Å². The molecule has 10 nitrogen and oxygen atoms in total. The van der Waals surface area contributed by atoms with Gasteiger partial charge in [0.1, 0.15) is 23.6 Å². The smallest absolute Gasteiger partial charge is 0.351 e. The number of benzene rings is 1. The van der Waals surface area contributed by atoms with Gasteiger partial charge in [-0.3, -0.25) is 9.36 Å². The highest BCUT2D eigenvalue weighted by atomic mass is 28.5. The van der Waals surface area contributed by atoms with Crippen LogP contribution in [0.25, 0.3) is 0 Å². The Bertz CT molecular complexity index is 1270. The lowest BCUT2D eigenvalue weighted by molar-refractivity contribution is -0.0973. The zero-order chi connectivity index (χ0) is 30.3. The number of amides is 1. The van der Waals surface area contributed by atoms with E-state index in [-0.39, 0.29) is 40.5 Å². The fraction of sp³-hybridized carbons (Fsp3) is 0.621. The van der Waals surface area contributed by atoms with Gasteiger partial charge in [0.15, 0.2) is 6.23 Å². The van der Waals surface area contributed by atoms with Crippen LogP contribution >= 0.6 is 0 Å². The van der Waals surface area contributed by atoms with E-state index < -0.39 is 46.8 Å². The molecule has 4 atom stereocenters. The minimum absolute atomic E-state index is 0.0703. The molecule has 12 heteroatoms. The molecule has 2 aliphatic heterocycles. The number of rotatable bonds is 7. The molecule has 2 fully saturated rings. The third-order valence-corrected chi connectivity index (χ3v) is 18.6. The Morgan fingerprint density at radius 1 is 1.00 bits per heavy atom. The number of fused-ring (bicyclic) bond motifs is 1. The lowest BCUT2D eigenvalue weighted by Gasteiger charge is -2.52. The van der Waals surface area contributed by atoms with Crippen molar-refractivity contribution >= 4 is 28.8 Å². The normalized spacial score (nSPS) is 27.6. The first-order valence-electron chi connectivity index (χ1n) is 14.5. The van der Waals surface area contributed by atoms with Crippen molar-refractivity contribution in [3.63, 3.8) is 0 Å². The van der Waals surface area contributed by atoms with Crippen LogP contribution in [0.2, 0.25) is 22.2 Å². The van der Waals surface area contributed by atoms with Crippen molar-refractivity contribution in [3.8, 4) is 0 Å². The number of hydrogen-bond donors (Lipinski definition) is 2. The first kappa shape index (κ1) is 31.7. The Balaban J connectivity index is 1.69. The van der Waals surface area contributed by atoms with Crippen molar-refractivity contribution in [1.29, 1.82) is 0 Å². The van der Waals surface area contributed by atoms with E-state index in [1.165, 1.54) is 16.8 Å². The van der Waals surface area contributed by atoms with Crippen LogP contribution in [0, 0.1) is 0 Å². The van der Waals surface area contributed by atoms with E-state index in [0.717, 1.165) is 0 Å². The van der Waals surface area contributed by atoms with Crippen LogP contribution < -0.4 is 11.0 Å². The van der Waals surface area contributed by atoms with Crippen molar-refractivity contribution in [3.05, 3.63) is 58.6 Å². The minimum atomic E-state index is -3.01. The van der Waals surface area contributed by atoms with Crippen molar-refractivity contribution in [2.45, 2.75) is 109 Å². The van der Waals surface area contributed by atoms with E-state index in [1.54, 1.807) is 31.2 Å². The summed E-state index contributed by atoms with van der Waals surface area (Å²) in [6, 6.07) is 10.2. The largest absolute Gasteiger partial charge is 0.414 e. The highest BCUT2D eigenvalue weighted by Crippen LogP contribution is 2.50. The number of carbonyl (C=O) groups is 1. The van der Waals surface area contributed by atoms with E-state index in [2.05, 4.69) is 65.7 Å². The quantitative estimate of drug-likeness (QED) is 0.420. The molecule has 0 saturated carbocycles. The van der Waals surface area contributed by atoms with Crippen LogP contribution in [0.15, 0.2) is 47.4 Å². The lowest BCUT2D eigenvalue weighted by Crippen LogP contribution is -2.67. The molecule has 226 valence electrons. The molecule has 4 rings (SSSR count). The monoisotopic (exact) mass is 603 g/mol. The summed E-state index contributed by atoms with van der Waals surface area (Å²) in [4.78, 5) is 29.9. The summed E-state index contributed by atoms with van der Waals surface area (Å²) in [5.74, 6) is -0.275. The van der Waals surface area contributed by atoms with Crippen molar-refractivity contribution < 1.29 is 27.6 Å². The van der Waals surface area contributed by atoms with Gasteiger partial charge in [-0.2, -0.15) is 4.98 Å². The van der Waals surface area contributed by atoms with Crippen molar-refractivity contribution in [1.82, 2.24) is 9.55 Å². The Labute approximate surface area is 244 Å². The molecule has 1 aromatic heterocycles. The first-order chi connectivity index (χ1) is 19.2. The molecule has 0 bridgehead atoms. The molecule has 2 aromatic rings. The average molecular weight is 604 g/mol. The number of carbonyl (C=O) groups excluding carboxylic acids is 1. The number of nitrogens with zero attached hydrogens (tertiary/aromatic N) is 2. The SMILES string of the molecule is CC(C)[Si]1(C(C)C)OC[C@H]2O[C@@H](n3ccc(NC(=O)c4ccccc4)nc3=O)[C@@](C)(O)[C@@H]2O[Si](C(C)C)(C(C)C)O1. The molecular formula is C29H45N3O7Si2. The van der Waals surface area contributed by atoms with Crippen molar-refractivity contribution in [2.24, 2.45) is 0 Å². The van der Waals surface area contributed by atoms with E-state index >= 15 is 0 Å². The van der Waals surface area contributed by atoms with Gasteiger partial charge < -0.3 is 28.1 Å². The number of nitrogens with one attached hydrogen (secondary N) is 1. The molecule has 1 aromatic carbocycles. The fourth-order valence-electron chi connectivity index (χ4n) is 6.12. The maximum absolute atomic E-state index is 13.2. The molecular weight excluding hydrogens is 559 g/mol. The van der Waals surface area contributed by atoms with E-state index in [1.807, 2.05) is 6.07 Å². The zero-order valence-corrected chi connectivity index (χ0v) is 27.6. The van der Waals surface area contributed by atoms with Crippen LogP contribution in [0.5, 0.6) is 0 Å². The van der Waals surface area contributed by atoms with Crippen LogP contribution in [-0.4, -0.2) is 62.1 Å². The van der Waals surface area contributed by atoms with Crippen LogP contribution in [0.3, 0.4) is 0 Å². The number of aromatic nitrogens is 2. The van der Waals surface area contributed by atoms with E-state index in [0.29, 0.717) is 5.56 Å². The highest BCUT2D eigenvalue weighted by molar-refractivity contribution is 6.84. The molecule has 2 aliphatic rings. The van der Waals surface area contributed by atoms with Crippen molar-refractivity contribution in [2.75, 3.05) is 11.9 Å². The molecule has 2 saturated heterocycles. The van der Waals surface area contributed by atoms with Gasteiger partial charge in [0, 0.05) is 11.8 Å². The van der Waals surface area contributed by atoms with Gasteiger partial charge in [-0.05, 0) is 47.3 Å². The summed E-state index contributed by atoms with van der Waals surface area (Å²) in [6.45, 7) is 18.8. The predicted molar refractivity (Wildman–Crippen MR) is 161 cm³/mol. The molecule has 2 N–H and O–H groups in total. The summed E-state index contributed by atoms with van der Waals surface area (Å²) in [5.41, 5.74) is -1.36. The maximum atomic E-state index is 13.2. The van der Waals surface area contributed by atoms with Gasteiger partial charge in [-0.15, -0.1) is 0 Å². The molecule has 0 radical (unpaired) electrons. The molecule has 0 unspecified atom stereocenters. The number of aliphatic hydroxyl groups is 1. The Hall–Kier alpha value is -2.20. The number of anilines is 1. The van der Waals surface area contributed by atoms with Gasteiger partial charge in [0.05, 0.1) is 6.61 Å². The average Bonchev–Trinajstić information content (AvgIpc) is 3.12. The molecule has 3 heterocycles. The second-order valence-corrected chi connectivity index (χ2v) is 21.4. The third-order valence-electron chi connectivity index (χ3n) is 8.40. The zero-order valence-electron chi connectivity index (χ0n) is 25.6. The van der Waals surface area contributed by atoms with Gasteiger partial charge in [-0.1, -0.05) is 73.6 Å². The Morgan fingerprint density at radius 3 is 2.12 bits per heavy atom. The maximum Gasteiger partial charge on any atom is 0.351 e. The summed E-state index contributed by atoms with van der Waals surface area (Å²) >= 11 is 0. The Morgan fingerprint density at radius 2 is 1.59 bits per heavy atom. The molecule has 0 spiro atoms. The highest BCUT2D eigenvalue weighted by Gasteiger charge is 2.64.